The Morgan fingerprint density at radius 2 is 2.00 bits per heavy atom. The fourth-order valence-electron chi connectivity index (χ4n) is 1.33. The molecule has 1 atom stereocenters. The van der Waals surface area contributed by atoms with Crippen LogP contribution in [0.3, 0.4) is 0 Å². The Labute approximate surface area is 90.8 Å². The van der Waals surface area contributed by atoms with Crippen molar-refractivity contribution in [3.63, 3.8) is 0 Å². The third kappa shape index (κ3) is 2.79. The molecule has 0 saturated carbocycles. The number of hydrogen-bond acceptors (Lipinski definition) is 3. The van der Waals surface area contributed by atoms with Gasteiger partial charge in [-0.2, -0.15) is 0 Å². The maximum atomic E-state index is 4.36. The van der Waals surface area contributed by atoms with E-state index >= 15 is 0 Å². The number of rotatable bonds is 4. The fourth-order valence-corrected chi connectivity index (χ4v) is 2.06. The van der Waals surface area contributed by atoms with Gasteiger partial charge in [-0.25, -0.2) is 4.98 Å². The molecule has 1 heterocycles. The Morgan fingerprint density at radius 3 is 2.43 bits per heavy atom. The molecule has 2 nitrogen and oxygen atoms in total. The highest BCUT2D eigenvalue weighted by Gasteiger charge is 2.25. The van der Waals surface area contributed by atoms with Gasteiger partial charge in [0, 0.05) is 17.6 Å². The molecule has 1 N–H and O–H groups in total. The van der Waals surface area contributed by atoms with E-state index in [1.807, 2.05) is 11.6 Å². The molecular weight excluding hydrogens is 192 g/mol. The standard InChI is InChI=1S/C11H20N2S/c1-8(2)9(3)13-11(4,5)10-12-6-7-14-10/h6-9,13H,1-5H3. The Hall–Kier alpha value is -0.410. The Kier molecular flexibility index (Phi) is 3.67. The van der Waals surface area contributed by atoms with Gasteiger partial charge in [0.2, 0.25) is 0 Å². The first-order chi connectivity index (χ1) is 6.43. The third-order valence-electron chi connectivity index (χ3n) is 2.56. The van der Waals surface area contributed by atoms with Crippen LogP contribution in [0, 0.1) is 5.92 Å². The van der Waals surface area contributed by atoms with Gasteiger partial charge in [0.25, 0.3) is 0 Å². The van der Waals surface area contributed by atoms with Gasteiger partial charge in [-0.15, -0.1) is 11.3 Å². The Balaban J connectivity index is 2.67. The van der Waals surface area contributed by atoms with Crippen LogP contribution in [0.15, 0.2) is 11.6 Å². The highest BCUT2D eigenvalue weighted by Crippen LogP contribution is 2.23. The maximum absolute atomic E-state index is 4.36. The summed E-state index contributed by atoms with van der Waals surface area (Å²) in [6.07, 6.45) is 1.86. The summed E-state index contributed by atoms with van der Waals surface area (Å²) >= 11 is 1.71. The monoisotopic (exact) mass is 212 g/mol. The summed E-state index contributed by atoms with van der Waals surface area (Å²) in [5, 5.41) is 6.79. The van der Waals surface area contributed by atoms with Crippen molar-refractivity contribution in [2.45, 2.75) is 46.2 Å². The molecule has 0 saturated heterocycles. The second kappa shape index (κ2) is 4.41. The van der Waals surface area contributed by atoms with E-state index in [-0.39, 0.29) is 5.54 Å². The van der Waals surface area contributed by atoms with Crippen molar-refractivity contribution in [2.24, 2.45) is 5.92 Å². The third-order valence-corrected chi connectivity index (χ3v) is 3.65. The van der Waals surface area contributed by atoms with Crippen LogP contribution in [0.25, 0.3) is 0 Å². The zero-order valence-corrected chi connectivity index (χ0v) is 10.5. The quantitative estimate of drug-likeness (QED) is 0.830. The second-order valence-electron chi connectivity index (χ2n) is 4.64. The van der Waals surface area contributed by atoms with E-state index in [2.05, 4.69) is 44.9 Å². The molecule has 80 valence electrons. The number of aromatic nitrogens is 1. The van der Waals surface area contributed by atoms with Crippen molar-refractivity contribution in [2.75, 3.05) is 0 Å². The molecular formula is C11H20N2S. The molecule has 1 aromatic heterocycles. The first-order valence-electron chi connectivity index (χ1n) is 5.11. The average Bonchev–Trinajstić information content (AvgIpc) is 2.54. The summed E-state index contributed by atoms with van der Waals surface area (Å²) in [6.45, 7) is 11.1. The molecule has 1 rings (SSSR count). The molecule has 0 amide bonds. The average molecular weight is 212 g/mol. The highest BCUT2D eigenvalue weighted by molar-refractivity contribution is 7.09. The largest absolute Gasteiger partial charge is 0.303 e. The van der Waals surface area contributed by atoms with Crippen LogP contribution in [-0.2, 0) is 5.54 Å². The van der Waals surface area contributed by atoms with Crippen molar-refractivity contribution < 1.29 is 0 Å². The van der Waals surface area contributed by atoms with Gasteiger partial charge in [-0.3, -0.25) is 0 Å². The minimum atomic E-state index is -0.0160. The summed E-state index contributed by atoms with van der Waals surface area (Å²) in [4.78, 5) is 4.36. The van der Waals surface area contributed by atoms with Gasteiger partial charge in [0.15, 0.2) is 0 Å². The first-order valence-corrected chi connectivity index (χ1v) is 5.99. The van der Waals surface area contributed by atoms with Crippen LogP contribution in [0.4, 0.5) is 0 Å². The number of nitrogens with zero attached hydrogens (tertiary/aromatic N) is 1. The summed E-state index contributed by atoms with van der Waals surface area (Å²) in [5.74, 6) is 0.647. The molecule has 0 aliphatic heterocycles. The molecule has 0 bridgehead atoms. The molecule has 0 radical (unpaired) electrons. The molecule has 3 heteroatoms. The highest BCUT2D eigenvalue weighted by atomic mass is 32.1. The predicted octanol–water partition coefficient (Wildman–Crippen LogP) is 3.01. The lowest BCUT2D eigenvalue weighted by atomic mass is 10.00. The van der Waals surface area contributed by atoms with Crippen LogP contribution in [0.1, 0.15) is 39.6 Å². The maximum Gasteiger partial charge on any atom is 0.112 e. The summed E-state index contributed by atoms with van der Waals surface area (Å²) in [6, 6.07) is 0.508. The molecule has 14 heavy (non-hydrogen) atoms. The van der Waals surface area contributed by atoms with Gasteiger partial charge in [0.1, 0.15) is 5.01 Å². The first kappa shape index (κ1) is 11.7. The number of thiazole rings is 1. The van der Waals surface area contributed by atoms with Crippen molar-refractivity contribution in [3.05, 3.63) is 16.6 Å². The molecule has 0 aliphatic carbocycles. The van der Waals surface area contributed by atoms with Crippen molar-refractivity contribution in [3.8, 4) is 0 Å². The van der Waals surface area contributed by atoms with E-state index in [4.69, 9.17) is 0 Å². The summed E-state index contributed by atoms with van der Waals surface area (Å²) < 4.78 is 0. The van der Waals surface area contributed by atoms with E-state index < -0.39 is 0 Å². The molecule has 0 aromatic carbocycles. The van der Waals surface area contributed by atoms with Crippen molar-refractivity contribution in [1.82, 2.24) is 10.3 Å². The fraction of sp³-hybridized carbons (Fsp3) is 0.727. The summed E-state index contributed by atoms with van der Waals surface area (Å²) in [7, 11) is 0. The minimum absolute atomic E-state index is 0.0160. The van der Waals surface area contributed by atoms with E-state index in [1.54, 1.807) is 11.3 Å². The van der Waals surface area contributed by atoms with Crippen molar-refractivity contribution >= 4 is 11.3 Å². The van der Waals surface area contributed by atoms with E-state index in [0.717, 1.165) is 5.01 Å². The smallest absolute Gasteiger partial charge is 0.112 e. The van der Waals surface area contributed by atoms with E-state index in [0.29, 0.717) is 12.0 Å². The molecule has 0 spiro atoms. The number of hydrogen-bond donors (Lipinski definition) is 1. The molecule has 1 aromatic rings. The lowest BCUT2D eigenvalue weighted by Gasteiger charge is -2.30. The van der Waals surface area contributed by atoms with Crippen molar-refractivity contribution in [1.29, 1.82) is 0 Å². The van der Waals surface area contributed by atoms with Gasteiger partial charge >= 0.3 is 0 Å². The lowest BCUT2D eigenvalue weighted by Crippen LogP contribution is -2.44. The second-order valence-corrected chi connectivity index (χ2v) is 5.53. The van der Waals surface area contributed by atoms with E-state index in [1.165, 1.54) is 0 Å². The van der Waals surface area contributed by atoms with Crippen LogP contribution in [0.5, 0.6) is 0 Å². The van der Waals surface area contributed by atoms with Crippen LogP contribution >= 0.6 is 11.3 Å². The normalized spacial score (nSPS) is 14.7. The Morgan fingerprint density at radius 1 is 1.36 bits per heavy atom. The lowest BCUT2D eigenvalue weighted by molar-refractivity contribution is 0.304. The Bertz CT molecular complexity index is 265. The van der Waals surface area contributed by atoms with Gasteiger partial charge in [-0.05, 0) is 26.7 Å². The zero-order valence-electron chi connectivity index (χ0n) is 9.66. The van der Waals surface area contributed by atoms with Gasteiger partial charge < -0.3 is 5.32 Å². The molecule has 0 fully saturated rings. The van der Waals surface area contributed by atoms with Crippen LogP contribution in [0.2, 0.25) is 0 Å². The summed E-state index contributed by atoms with van der Waals surface area (Å²) in [5.41, 5.74) is -0.0160. The van der Waals surface area contributed by atoms with Crippen LogP contribution in [-0.4, -0.2) is 11.0 Å². The SMILES string of the molecule is CC(C)C(C)NC(C)(C)c1nccs1. The minimum Gasteiger partial charge on any atom is -0.303 e. The molecule has 1 unspecified atom stereocenters. The zero-order chi connectivity index (χ0) is 10.8. The predicted molar refractivity (Wildman–Crippen MR) is 62.6 cm³/mol. The van der Waals surface area contributed by atoms with E-state index in [9.17, 15) is 0 Å². The topological polar surface area (TPSA) is 24.9 Å². The van der Waals surface area contributed by atoms with Gasteiger partial charge in [-0.1, -0.05) is 13.8 Å². The van der Waals surface area contributed by atoms with Gasteiger partial charge in [0.05, 0.1) is 5.54 Å². The molecule has 0 aliphatic rings. The van der Waals surface area contributed by atoms with Crippen LogP contribution < -0.4 is 5.32 Å². The number of nitrogens with one attached hydrogen (secondary N) is 1.